The summed E-state index contributed by atoms with van der Waals surface area (Å²) in [7, 11) is 0. The molecule has 0 amide bonds. The van der Waals surface area contributed by atoms with Crippen LogP contribution < -0.4 is 10.1 Å². The van der Waals surface area contributed by atoms with Crippen molar-refractivity contribution < 1.29 is 4.74 Å². The van der Waals surface area contributed by atoms with Crippen LogP contribution in [0.2, 0.25) is 0 Å². The summed E-state index contributed by atoms with van der Waals surface area (Å²) in [5, 5.41) is 3.82. The van der Waals surface area contributed by atoms with Gasteiger partial charge < -0.3 is 10.1 Å². The molecular weight excluding hydrogens is 266 g/mol. The number of hydrogen-bond acceptors (Lipinski definition) is 3. The van der Waals surface area contributed by atoms with Gasteiger partial charge in [-0.2, -0.15) is 11.8 Å². The molecule has 0 spiro atoms. The SMILES string of the molecule is CSC1(CNC2c3ccccc3OC2(C)C)CCCC1. The lowest BCUT2D eigenvalue weighted by molar-refractivity contribution is 0.0954. The number of thioether (sulfide) groups is 1. The van der Waals surface area contributed by atoms with Crippen LogP contribution in [-0.2, 0) is 0 Å². The molecule has 1 heterocycles. The molecule has 3 rings (SSSR count). The van der Waals surface area contributed by atoms with E-state index in [1.54, 1.807) is 0 Å². The normalized spacial score (nSPS) is 26.2. The first kappa shape index (κ1) is 14.3. The summed E-state index contributed by atoms with van der Waals surface area (Å²) in [6.07, 6.45) is 7.71. The van der Waals surface area contributed by atoms with Crippen LogP contribution in [0.5, 0.6) is 5.75 Å². The van der Waals surface area contributed by atoms with E-state index in [1.165, 1.54) is 31.2 Å². The van der Waals surface area contributed by atoms with Gasteiger partial charge in [-0.05, 0) is 39.0 Å². The second-order valence-electron chi connectivity index (χ2n) is 6.65. The van der Waals surface area contributed by atoms with E-state index in [9.17, 15) is 0 Å². The van der Waals surface area contributed by atoms with Gasteiger partial charge in [0.25, 0.3) is 0 Å². The zero-order chi connectivity index (χ0) is 14.2. The van der Waals surface area contributed by atoms with Crippen molar-refractivity contribution in [3.05, 3.63) is 29.8 Å². The van der Waals surface area contributed by atoms with E-state index in [-0.39, 0.29) is 5.60 Å². The zero-order valence-electron chi connectivity index (χ0n) is 12.7. The van der Waals surface area contributed by atoms with Gasteiger partial charge in [0.15, 0.2) is 0 Å². The minimum absolute atomic E-state index is 0.165. The number of ether oxygens (including phenoxy) is 1. The Labute approximate surface area is 126 Å². The molecule has 110 valence electrons. The Balaban J connectivity index is 1.76. The first-order valence-corrected chi connectivity index (χ1v) is 8.85. The molecule has 1 aromatic rings. The number of para-hydroxylation sites is 1. The Hall–Kier alpha value is -0.670. The molecule has 0 aromatic heterocycles. The molecular formula is C17H25NOS. The molecule has 3 heteroatoms. The number of hydrogen-bond donors (Lipinski definition) is 1. The second kappa shape index (κ2) is 5.27. The van der Waals surface area contributed by atoms with Gasteiger partial charge in [-0.1, -0.05) is 31.0 Å². The van der Waals surface area contributed by atoms with Gasteiger partial charge in [0, 0.05) is 16.9 Å². The lowest BCUT2D eigenvalue weighted by Crippen LogP contribution is -2.44. The van der Waals surface area contributed by atoms with E-state index in [0.717, 1.165) is 12.3 Å². The number of fused-ring (bicyclic) bond motifs is 1. The Morgan fingerprint density at radius 2 is 1.95 bits per heavy atom. The highest BCUT2D eigenvalue weighted by molar-refractivity contribution is 8.00. The van der Waals surface area contributed by atoms with Gasteiger partial charge in [0.05, 0.1) is 6.04 Å². The first-order valence-electron chi connectivity index (χ1n) is 7.63. The van der Waals surface area contributed by atoms with Crippen LogP contribution >= 0.6 is 11.8 Å². The topological polar surface area (TPSA) is 21.3 Å². The van der Waals surface area contributed by atoms with E-state index in [2.05, 4.69) is 49.7 Å². The Morgan fingerprint density at radius 3 is 2.65 bits per heavy atom. The molecule has 1 aromatic carbocycles. The average Bonchev–Trinajstić information content (AvgIpc) is 2.98. The van der Waals surface area contributed by atoms with Crippen molar-refractivity contribution in [3.63, 3.8) is 0 Å². The van der Waals surface area contributed by atoms with Crippen molar-refractivity contribution in [2.75, 3.05) is 12.8 Å². The molecule has 1 aliphatic carbocycles. The van der Waals surface area contributed by atoms with Crippen LogP contribution in [-0.4, -0.2) is 23.1 Å². The minimum atomic E-state index is -0.165. The smallest absolute Gasteiger partial charge is 0.125 e. The van der Waals surface area contributed by atoms with E-state index in [1.807, 2.05) is 11.8 Å². The van der Waals surface area contributed by atoms with E-state index in [4.69, 9.17) is 4.74 Å². The largest absolute Gasteiger partial charge is 0.486 e. The molecule has 1 N–H and O–H groups in total. The highest BCUT2D eigenvalue weighted by atomic mass is 32.2. The van der Waals surface area contributed by atoms with Crippen molar-refractivity contribution in [1.82, 2.24) is 5.32 Å². The predicted octanol–water partition coefficient (Wildman–Crippen LogP) is 4.16. The van der Waals surface area contributed by atoms with Crippen LogP contribution in [0.3, 0.4) is 0 Å². The fraction of sp³-hybridized carbons (Fsp3) is 0.647. The molecule has 1 saturated carbocycles. The van der Waals surface area contributed by atoms with Crippen LogP contribution in [0.1, 0.15) is 51.1 Å². The molecule has 2 nitrogen and oxygen atoms in total. The molecule has 1 aliphatic heterocycles. The summed E-state index contributed by atoms with van der Waals surface area (Å²) in [4.78, 5) is 0. The first-order chi connectivity index (χ1) is 9.56. The molecule has 0 bridgehead atoms. The number of rotatable bonds is 4. The Bertz CT molecular complexity index is 480. The molecule has 1 fully saturated rings. The molecule has 0 radical (unpaired) electrons. The van der Waals surface area contributed by atoms with Gasteiger partial charge in [0.1, 0.15) is 11.4 Å². The standard InChI is InChI=1S/C17H25NOS/c1-16(2)15(13-8-4-5-9-14(13)19-16)18-12-17(20-3)10-6-7-11-17/h4-5,8-9,15,18H,6-7,10-12H2,1-3H3. The third-order valence-electron chi connectivity index (χ3n) is 4.87. The average molecular weight is 291 g/mol. The molecule has 20 heavy (non-hydrogen) atoms. The van der Waals surface area contributed by atoms with Gasteiger partial charge in [-0.25, -0.2) is 0 Å². The maximum atomic E-state index is 6.12. The second-order valence-corrected chi connectivity index (χ2v) is 7.93. The third-order valence-corrected chi connectivity index (χ3v) is 6.29. The van der Waals surface area contributed by atoms with Gasteiger partial charge in [-0.3, -0.25) is 0 Å². The monoisotopic (exact) mass is 291 g/mol. The van der Waals surface area contributed by atoms with Crippen LogP contribution in [0, 0.1) is 0 Å². The predicted molar refractivity (Wildman–Crippen MR) is 86.6 cm³/mol. The summed E-state index contributed by atoms with van der Waals surface area (Å²) >= 11 is 2.04. The van der Waals surface area contributed by atoms with Gasteiger partial charge in [0.2, 0.25) is 0 Å². The summed E-state index contributed by atoms with van der Waals surface area (Å²) < 4.78 is 6.56. The zero-order valence-corrected chi connectivity index (χ0v) is 13.6. The number of benzene rings is 1. The van der Waals surface area contributed by atoms with Crippen LogP contribution in [0.15, 0.2) is 24.3 Å². The van der Waals surface area contributed by atoms with Crippen molar-refractivity contribution in [2.45, 2.75) is 55.9 Å². The molecule has 1 atom stereocenters. The lowest BCUT2D eigenvalue weighted by Gasteiger charge is -2.33. The van der Waals surface area contributed by atoms with Crippen molar-refractivity contribution in [1.29, 1.82) is 0 Å². The summed E-state index contributed by atoms with van der Waals surface area (Å²) in [6.45, 7) is 5.45. The fourth-order valence-electron chi connectivity index (χ4n) is 3.64. The van der Waals surface area contributed by atoms with Gasteiger partial charge in [-0.15, -0.1) is 0 Å². The minimum Gasteiger partial charge on any atom is -0.486 e. The number of nitrogens with one attached hydrogen (secondary N) is 1. The molecule has 0 saturated heterocycles. The maximum absolute atomic E-state index is 6.12. The summed E-state index contributed by atoms with van der Waals surface area (Å²) in [5.74, 6) is 1.04. The van der Waals surface area contributed by atoms with Crippen molar-refractivity contribution in [2.24, 2.45) is 0 Å². The molecule has 2 aliphatic rings. The maximum Gasteiger partial charge on any atom is 0.125 e. The van der Waals surface area contributed by atoms with Gasteiger partial charge >= 0.3 is 0 Å². The third kappa shape index (κ3) is 2.46. The summed E-state index contributed by atoms with van der Waals surface area (Å²) in [5.41, 5.74) is 1.15. The van der Waals surface area contributed by atoms with Crippen LogP contribution in [0.4, 0.5) is 0 Å². The van der Waals surface area contributed by atoms with Crippen molar-refractivity contribution in [3.8, 4) is 5.75 Å². The Kier molecular flexibility index (Phi) is 3.76. The Morgan fingerprint density at radius 1 is 1.25 bits per heavy atom. The summed E-state index contributed by atoms with van der Waals surface area (Å²) in [6, 6.07) is 8.74. The molecule has 1 unspecified atom stereocenters. The fourth-order valence-corrected chi connectivity index (χ4v) is 4.57. The van der Waals surface area contributed by atoms with E-state index >= 15 is 0 Å². The highest BCUT2D eigenvalue weighted by Gasteiger charge is 2.42. The quantitative estimate of drug-likeness (QED) is 0.900. The van der Waals surface area contributed by atoms with E-state index in [0.29, 0.717) is 10.8 Å². The van der Waals surface area contributed by atoms with Crippen molar-refractivity contribution >= 4 is 11.8 Å². The van der Waals surface area contributed by atoms with Crippen LogP contribution in [0.25, 0.3) is 0 Å². The lowest BCUT2D eigenvalue weighted by atomic mass is 9.93. The van der Waals surface area contributed by atoms with E-state index < -0.39 is 0 Å². The highest BCUT2D eigenvalue weighted by Crippen LogP contribution is 2.45.